The van der Waals surface area contributed by atoms with Gasteiger partial charge in [0, 0.05) is 12.1 Å². The van der Waals surface area contributed by atoms with Crippen molar-refractivity contribution >= 4 is 0 Å². The van der Waals surface area contributed by atoms with E-state index >= 15 is 0 Å². The van der Waals surface area contributed by atoms with Crippen LogP contribution in [0.3, 0.4) is 0 Å². The van der Waals surface area contributed by atoms with E-state index in [1.54, 1.807) is 12.1 Å². The number of nitrogens with one attached hydrogen (secondary N) is 1. The smallest absolute Gasteiger partial charge is 0.126 e. The average molecular weight is 275 g/mol. The first-order valence-electron chi connectivity index (χ1n) is 8.26. The minimum atomic E-state index is -0.0281. The quantitative estimate of drug-likeness (QED) is 0.844. The molecular formula is C18H26FN. The summed E-state index contributed by atoms with van der Waals surface area (Å²) in [4.78, 5) is 0. The van der Waals surface area contributed by atoms with Gasteiger partial charge in [-0.1, -0.05) is 44.4 Å². The molecule has 2 aliphatic rings. The third-order valence-electron chi connectivity index (χ3n) is 5.31. The normalized spacial score (nSPS) is 33.7. The van der Waals surface area contributed by atoms with Gasteiger partial charge in [-0.25, -0.2) is 4.39 Å². The lowest BCUT2D eigenvalue weighted by atomic mass is 9.74. The van der Waals surface area contributed by atoms with E-state index in [-0.39, 0.29) is 5.82 Å². The average Bonchev–Trinajstić information content (AvgIpc) is 2.44. The molecule has 2 unspecified atom stereocenters. The summed E-state index contributed by atoms with van der Waals surface area (Å²) in [5, 5.41) is 3.82. The Bertz CT molecular complexity index is 439. The molecule has 20 heavy (non-hydrogen) atoms. The molecule has 2 heteroatoms. The van der Waals surface area contributed by atoms with Crippen LogP contribution in [0, 0.1) is 11.7 Å². The number of rotatable bonds is 4. The summed E-state index contributed by atoms with van der Waals surface area (Å²) in [6.45, 7) is 2.31. The summed E-state index contributed by atoms with van der Waals surface area (Å²) >= 11 is 0. The van der Waals surface area contributed by atoms with E-state index in [0.29, 0.717) is 18.0 Å². The zero-order valence-corrected chi connectivity index (χ0v) is 12.4. The van der Waals surface area contributed by atoms with Gasteiger partial charge in [-0.05, 0) is 49.1 Å². The molecule has 1 nitrogen and oxygen atoms in total. The van der Waals surface area contributed by atoms with E-state index in [1.807, 2.05) is 12.1 Å². The number of hydrogen-bond donors (Lipinski definition) is 1. The van der Waals surface area contributed by atoms with Crippen LogP contribution in [0.15, 0.2) is 24.3 Å². The Hall–Kier alpha value is -0.890. The second-order valence-electron chi connectivity index (χ2n) is 6.69. The van der Waals surface area contributed by atoms with Gasteiger partial charge in [-0.15, -0.1) is 0 Å². The Kier molecular flexibility index (Phi) is 4.40. The summed E-state index contributed by atoms with van der Waals surface area (Å²) in [6, 6.07) is 8.58. The minimum absolute atomic E-state index is 0.0281. The second kappa shape index (κ2) is 6.26. The van der Waals surface area contributed by atoms with Crippen LogP contribution in [-0.2, 0) is 0 Å². The molecule has 110 valence electrons. The van der Waals surface area contributed by atoms with Crippen molar-refractivity contribution in [2.75, 3.05) is 0 Å². The first-order chi connectivity index (χ1) is 9.76. The molecule has 1 N–H and O–H groups in total. The van der Waals surface area contributed by atoms with Crippen molar-refractivity contribution in [3.63, 3.8) is 0 Å². The van der Waals surface area contributed by atoms with E-state index in [0.717, 1.165) is 24.3 Å². The predicted molar refractivity (Wildman–Crippen MR) is 81.3 cm³/mol. The highest BCUT2D eigenvalue weighted by Crippen LogP contribution is 2.39. The van der Waals surface area contributed by atoms with Gasteiger partial charge in [-0.2, -0.15) is 0 Å². The maximum Gasteiger partial charge on any atom is 0.126 e. The first-order valence-corrected chi connectivity index (χ1v) is 8.26. The maximum absolute atomic E-state index is 13.7. The third kappa shape index (κ3) is 3.06. The molecule has 2 aliphatic carbocycles. The van der Waals surface area contributed by atoms with Gasteiger partial charge in [0.2, 0.25) is 0 Å². The molecule has 2 saturated carbocycles. The van der Waals surface area contributed by atoms with E-state index in [4.69, 9.17) is 0 Å². The van der Waals surface area contributed by atoms with Crippen molar-refractivity contribution in [3.05, 3.63) is 35.6 Å². The van der Waals surface area contributed by atoms with Gasteiger partial charge in [0.25, 0.3) is 0 Å². The van der Waals surface area contributed by atoms with Gasteiger partial charge >= 0.3 is 0 Å². The van der Waals surface area contributed by atoms with Crippen molar-refractivity contribution in [2.45, 2.75) is 69.9 Å². The zero-order valence-electron chi connectivity index (χ0n) is 12.4. The van der Waals surface area contributed by atoms with E-state index in [9.17, 15) is 4.39 Å². The van der Waals surface area contributed by atoms with Crippen molar-refractivity contribution < 1.29 is 4.39 Å². The lowest BCUT2D eigenvalue weighted by Crippen LogP contribution is -2.47. The van der Waals surface area contributed by atoms with Crippen LogP contribution in [0.25, 0.3) is 0 Å². The van der Waals surface area contributed by atoms with Crippen LogP contribution in [-0.4, -0.2) is 12.1 Å². The van der Waals surface area contributed by atoms with Crippen LogP contribution in [0.2, 0.25) is 0 Å². The van der Waals surface area contributed by atoms with Crippen molar-refractivity contribution in [3.8, 4) is 0 Å². The summed E-state index contributed by atoms with van der Waals surface area (Å²) in [5.74, 6) is 1.32. The van der Waals surface area contributed by atoms with Crippen molar-refractivity contribution in [2.24, 2.45) is 5.92 Å². The van der Waals surface area contributed by atoms with Crippen LogP contribution < -0.4 is 5.32 Å². The Morgan fingerprint density at radius 2 is 1.90 bits per heavy atom. The number of benzene rings is 1. The summed E-state index contributed by atoms with van der Waals surface area (Å²) < 4.78 is 13.7. The monoisotopic (exact) mass is 275 g/mol. The Morgan fingerprint density at radius 3 is 2.65 bits per heavy atom. The van der Waals surface area contributed by atoms with Gasteiger partial charge in [-0.3, -0.25) is 0 Å². The highest BCUT2D eigenvalue weighted by Gasteiger charge is 2.33. The van der Waals surface area contributed by atoms with E-state index < -0.39 is 0 Å². The molecule has 0 aliphatic heterocycles. The predicted octanol–water partition coefficient (Wildman–Crippen LogP) is 4.63. The Morgan fingerprint density at radius 1 is 1.10 bits per heavy atom. The second-order valence-corrected chi connectivity index (χ2v) is 6.69. The van der Waals surface area contributed by atoms with Gasteiger partial charge in [0.15, 0.2) is 0 Å². The van der Waals surface area contributed by atoms with E-state index in [1.165, 1.54) is 32.1 Å². The van der Waals surface area contributed by atoms with Crippen molar-refractivity contribution in [1.29, 1.82) is 0 Å². The van der Waals surface area contributed by atoms with Crippen molar-refractivity contribution in [1.82, 2.24) is 5.32 Å². The minimum Gasteiger partial charge on any atom is -0.311 e. The molecule has 0 saturated heterocycles. The molecular weight excluding hydrogens is 249 g/mol. The molecule has 0 heterocycles. The topological polar surface area (TPSA) is 12.0 Å². The highest BCUT2D eigenvalue weighted by atomic mass is 19.1. The fraction of sp³-hybridized carbons (Fsp3) is 0.667. The van der Waals surface area contributed by atoms with Crippen LogP contribution >= 0.6 is 0 Å². The van der Waals surface area contributed by atoms with Crippen LogP contribution in [0.1, 0.15) is 63.4 Å². The van der Waals surface area contributed by atoms with Gasteiger partial charge < -0.3 is 5.32 Å². The Balaban J connectivity index is 1.48. The summed E-state index contributed by atoms with van der Waals surface area (Å²) in [7, 11) is 0. The largest absolute Gasteiger partial charge is 0.311 e. The highest BCUT2D eigenvalue weighted by molar-refractivity contribution is 5.24. The van der Waals surface area contributed by atoms with Gasteiger partial charge in [0.05, 0.1) is 0 Å². The third-order valence-corrected chi connectivity index (χ3v) is 5.31. The van der Waals surface area contributed by atoms with Gasteiger partial charge in [0.1, 0.15) is 5.82 Å². The zero-order chi connectivity index (χ0) is 13.9. The van der Waals surface area contributed by atoms with Crippen LogP contribution in [0.5, 0.6) is 0 Å². The SMILES string of the molecule is CCC1CCCC(NC2CC(c3ccccc3F)C2)C1. The maximum atomic E-state index is 13.7. The number of halogens is 1. The Labute approximate surface area is 122 Å². The molecule has 0 bridgehead atoms. The lowest BCUT2D eigenvalue weighted by molar-refractivity contribution is 0.207. The molecule has 2 fully saturated rings. The standard InChI is InChI=1S/C18H26FN/c1-2-13-6-5-7-15(10-13)20-16-11-14(12-16)17-8-3-4-9-18(17)19/h3-4,8-9,13-16,20H,2,5-7,10-12H2,1H3. The fourth-order valence-corrected chi connectivity index (χ4v) is 3.96. The molecule has 0 amide bonds. The number of hydrogen-bond acceptors (Lipinski definition) is 1. The molecule has 1 aromatic rings. The summed E-state index contributed by atoms with van der Waals surface area (Å²) in [5.41, 5.74) is 0.917. The molecule has 0 aromatic heterocycles. The molecule has 0 radical (unpaired) electrons. The van der Waals surface area contributed by atoms with Crippen LogP contribution in [0.4, 0.5) is 4.39 Å². The molecule has 0 spiro atoms. The molecule has 2 atom stereocenters. The lowest BCUT2D eigenvalue weighted by Gasteiger charge is -2.41. The molecule has 3 rings (SSSR count). The molecule has 1 aromatic carbocycles. The first kappa shape index (κ1) is 14.1. The van der Waals surface area contributed by atoms with E-state index in [2.05, 4.69) is 12.2 Å². The fourth-order valence-electron chi connectivity index (χ4n) is 3.96. The summed E-state index contributed by atoms with van der Waals surface area (Å²) in [6.07, 6.45) is 8.99.